The van der Waals surface area contributed by atoms with Crippen LogP contribution in [0.15, 0.2) is 0 Å². The van der Waals surface area contributed by atoms with Crippen LogP contribution in [0.3, 0.4) is 0 Å². The lowest BCUT2D eigenvalue weighted by atomic mass is 10.00. The Morgan fingerprint density at radius 1 is 0.786 bits per heavy atom. The predicted molar refractivity (Wildman–Crippen MR) is 37.4 cm³/mol. The summed E-state index contributed by atoms with van der Waals surface area (Å²) in [6, 6.07) is 0. The van der Waals surface area contributed by atoms with Gasteiger partial charge in [-0.15, -0.1) is 0 Å². The largest absolute Gasteiger partial charge is 0.400 e. The van der Waals surface area contributed by atoms with Crippen LogP contribution in [0.5, 0.6) is 0 Å². The van der Waals surface area contributed by atoms with E-state index in [1.165, 1.54) is 13.8 Å². The maximum Gasteiger partial charge on any atom is 0.400 e. The zero-order valence-electron chi connectivity index (χ0n) is 7.58. The number of hydrogen-bond acceptors (Lipinski definition) is 0. The van der Waals surface area contributed by atoms with Crippen molar-refractivity contribution in [1.82, 2.24) is 0 Å². The molecule has 1 rings (SSSR count). The van der Waals surface area contributed by atoms with E-state index in [2.05, 4.69) is 0 Å². The summed E-state index contributed by atoms with van der Waals surface area (Å²) in [5.41, 5.74) is 0. The third kappa shape index (κ3) is 1.98. The van der Waals surface area contributed by atoms with Gasteiger partial charge in [0.25, 0.3) is 0 Å². The van der Waals surface area contributed by atoms with E-state index in [-0.39, 0.29) is 0 Å². The lowest BCUT2D eigenvalue weighted by Gasteiger charge is -2.23. The topological polar surface area (TPSA) is 0 Å². The van der Waals surface area contributed by atoms with Crippen molar-refractivity contribution >= 4 is 0 Å². The molecule has 84 valence electrons. The van der Waals surface area contributed by atoms with Gasteiger partial charge in [-0.05, 0) is 17.8 Å². The molecule has 0 radical (unpaired) electrons. The van der Waals surface area contributed by atoms with Gasteiger partial charge >= 0.3 is 12.4 Å². The molecule has 0 aromatic carbocycles. The fourth-order valence-electron chi connectivity index (χ4n) is 1.93. The van der Waals surface area contributed by atoms with Gasteiger partial charge in [0.05, 0.1) is 0 Å². The van der Waals surface area contributed by atoms with Crippen LogP contribution >= 0.6 is 0 Å². The second-order valence-corrected chi connectivity index (χ2v) is 3.86. The minimum atomic E-state index is -5.18. The minimum Gasteiger partial charge on any atom is -0.170 e. The SMILES string of the molecule is CC1C(C)C1C(C(F)(F)F)C(F)(F)F. The molecule has 1 aliphatic carbocycles. The molecule has 1 aliphatic rings. The van der Waals surface area contributed by atoms with Crippen LogP contribution in [-0.2, 0) is 0 Å². The Morgan fingerprint density at radius 3 is 1.14 bits per heavy atom. The van der Waals surface area contributed by atoms with Crippen molar-refractivity contribution in [3.63, 3.8) is 0 Å². The fraction of sp³-hybridized carbons (Fsp3) is 1.00. The van der Waals surface area contributed by atoms with Crippen molar-refractivity contribution in [3.8, 4) is 0 Å². The van der Waals surface area contributed by atoms with Crippen molar-refractivity contribution in [2.45, 2.75) is 26.2 Å². The van der Waals surface area contributed by atoms with E-state index in [9.17, 15) is 26.3 Å². The smallest absolute Gasteiger partial charge is 0.170 e. The second kappa shape index (κ2) is 3.03. The number of rotatable bonds is 1. The number of alkyl halides is 6. The zero-order valence-corrected chi connectivity index (χ0v) is 7.58. The molecule has 0 amide bonds. The molecule has 6 heteroatoms. The number of halogens is 6. The molecule has 2 unspecified atom stereocenters. The van der Waals surface area contributed by atoms with Crippen molar-refractivity contribution < 1.29 is 26.3 Å². The highest BCUT2D eigenvalue weighted by atomic mass is 19.4. The van der Waals surface area contributed by atoms with Gasteiger partial charge in [0.15, 0.2) is 5.92 Å². The first kappa shape index (κ1) is 11.7. The molecule has 1 fully saturated rings. The highest BCUT2D eigenvalue weighted by Gasteiger charge is 2.67. The molecule has 0 aromatic heterocycles. The Morgan fingerprint density at radius 2 is 1.07 bits per heavy atom. The fourth-order valence-corrected chi connectivity index (χ4v) is 1.93. The molecule has 0 nitrogen and oxygen atoms in total. The molecule has 14 heavy (non-hydrogen) atoms. The van der Waals surface area contributed by atoms with Gasteiger partial charge in [-0.25, -0.2) is 0 Å². The monoisotopic (exact) mass is 220 g/mol. The Kier molecular flexibility index (Phi) is 2.53. The second-order valence-electron chi connectivity index (χ2n) is 3.86. The van der Waals surface area contributed by atoms with Crippen LogP contribution in [0, 0.1) is 23.7 Å². The molecule has 0 bridgehead atoms. The van der Waals surface area contributed by atoms with Gasteiger partial charge in [-0.1, -0.05) is 13.8 Å². The molecule has 0 aliphatic heterocycles. The van der Waals surface area contributed by atoms with Crippen LogP contribution in [-0.4, -0.2) is 12.4 Å². The summed E-state index contributed by atoms with van der Waals surface area (Å²) in [5, 5.41) is 0. The van der Waals surface area contributed by atoms with Crippen LogP contribution in [0.4, 0.5) is 26.3 Å². The first-order chi connectivity index (χ1) is 6.07. The van der Waals surface area contributed by atoms with Gasteiger partial charge in [0.2, 0.25) is 0 Å². The summed E-state index contributed by atoms with van der Waals surface area (Å²) < 4.78 is 72.8. The molecular formula is C8H10F6. The van der Waals surface area contributed by atoms with E-state index >= 15 is 0 Å². The number of hydrogen-bond donors (Lipinski definition) is 0. The van der Waals surface area contributed by atoms with Crippen LogP contribution in [0.2, 0.25) is 0 Å². The first-order valence-electron chi connectivity index (χ1n) is 4.20. The summed E-state index contributed by atoms with van der Waals surface area (Å²) >= 11 is 0. The Hall–Kier alpha value is -0.420. The lowest BCUT2D eigenvalue weighted by Crippen LogP contribution is -2.38. The quantitative estimate of drug-likeness (QED) is 0.592. The normalized spacial score (nSPS) is 33.6. The average molecular weight is 220 g/mol. The first-order valence-corrected chi connectivity index (χ1v) is 4.20. The highest BCUT2D eigenvalue weighted by molar-refractivity contribution is 5.00. The third-order valence-electron chi connectivity index (χ3n) is 2.99. The average Bonchev–Trinajstić information content (AvgIpc) is 2.38. The van der Waals surface area contributed by atoms with E-state index < -0.39 is 36.0 Å². The lowest BCUT2D eigenvalue weighted by molar-refractivity contribution is -0.292. The van der Waals surface area contributed by atoms with Crippen molar-refractivity contribution in [2.24, 2.45) is 23.7 Å². The summed E-state index contributed by atoms with van der Waals surface area (Å²) in [4.78, 5) is 0. The van der Waals surface area contributed by atoms with E-state index in [1.54, 1.807) is 0 Å². The van der Waals surface area contributed by atoms with E-state index in [0.29, 0.717) is 0 Å². The molecule has 0 N–H and O–H groups in total. The zero-order chi connectivity index (χ0) is 11.3. The summed E-state index contributed by atoms with van der Waals surface area (Å²) in [7, 11) is 0. The minimum absolute atomic E-state index is 0.497. The molecular weight excluding hydrogens is 210 g/mol. The molecule has 0 heterocycles. The maximum atomic E-state index is 12.1. The summed E-state index contributed by atoms with van der Waals surface area (Å²) in [5.74, 6) is -5.44. The maximum absolute atomic E-state index is 12.1. The summed E-state index contributed by atoms with van der Waals surface area (Å²) in [6.45, 7) is 2.83. The Bertz CT molecular complexity index is 193. The Labute approximate surface area is 77.3 Å². The van der Waals surface area contributed by atoms with E-state index in [4.69, 9.17) is 0 Å². The molecule has 0 saturated heterocycles. The van der Waals surface area contributed by atoms with Crippen LogP contribution < -0.4 is 0 Å². The van der Waals surface area contributed by atoms with Gasteiger partial charge in [-0.2, -0.15) is 26.3 Å². The Balaban J connectivity index is 2.86. The third-order valence-corrected chi connectivity index (χ3v) is 2.99. The van der Waals surface area contributed by atoms with Crippen LogP contribution in [0.25, 0.3) is 0 Å². The van der Waals surface area contributed by atoms with Crippen molar-refractivity contribution in [3.05, 3.63) is 0 Å². The molecule has 0 spiro atoms. The van der Waals surface area contributed by atoms with Gasteiger partial charge in [-0.3, -0.25) is 0 Å². The van der Waals surface area contributed by atoms with Gasteiger partial charge in [0, 0.05) is 0 Å². The van der Waals surface area contributed by atoms with E-state index in [0.717, 1.165) is 0 Å². The molecule has 0 aromatic rings. The van der Waals surface area contributed by atoms with E-state index in [1.807, 2.05) is 0 Å². The highest BCUT2D eigenvalue weighted by Crippen LogP contribution is 2.59. The standard InChI is InChI=1S/C8H10F6/c1-3-4(2)5(3)6(7(9,10)11)8(12,13)14/h3-6H,1-2H3. The molecule has 2 atom stereocenters. The van der Waals surface area contributed by atoms with Gasteiger partial charge < -0.3 is 0 Å². The van der Waals surface area contributed by atoms with Gasteiger partial charge in [0.1, 0.15) is 0 Å². The summed E-state index contributed by atoms with van der Waals surface area (Å²) in [6.07, 6.45) is -10.4. The predicted octanol–water partition coefficient (Wildman–Crippen LogP) is 3.63. The van der Waals surface area contributed by atoms with Crippen molar-refractivity contribution in [2.75, 3.05) is 0 Å². The van der Waals surface area contributed by atoms with Crippen molar-refractivity contribution in [1.29, 1.82) is 0 Å². The molecule has 1 saturated carbocycles. The van der Waals surface area contributed by atoms with Crippen LogP contribution in [0.1, 0.15) is 13.8 Å².